The second kappa shape index (κ2) is 4.93. The van der Waals surface area contributed by atoms with Crippen LogP contribution in [0.5, 0.6) is 0 Å². The first-order valence-corrected chi connectivity index (χ1v) is 6.28. The minimum atomic E-state index is -0.205. The molecule has 0 aromatic rings. The monoisotopic (exact) mass is 207 g/mol. The zero-order valence-electron chi connectivity index (χ0n) is 9.37. The topological polar surface area (TPSA) is 43.1 Å². The van der Waals surface area contributed by atoms with Gasteiger partial charge in [0.05, 0.1) is 6.04 Å². The molecule has 0 radical (unpaired) electrons. The lowest BCUT2D eigenvalue weighted by molar-refractivity contribution is -0.118. The summed E-state index contributed by atoms with van der Waals surface area (Å²) >= 11 is 0. The Kier molecular flexibility index (Phi) is 3.57. The number of carbonyl (C=O) groups excluding carboxylic acids is 1. The molecule has 0 saturated heterocycles. The third-order valence-electron chi connectivity index (χ3n) is 3.82. The van der Waals surface area contributed by atoms with Crippen LogP contribution in [0.3, 0.4) is 0 Å². The van der Waals surface area contributed by atoms with Crippen molar-refractivity contribution in [2.24, 2.45) is 11.7 Å². The number of carbonyl (C=O) groups is 1. The molecule has 1 saturated carbocycles. The van der Waals surface area contributed by atoms with Gasteiger partial charge in [0.25, 0.3) is 0 Å². The van der Waals surface area contributed by atoms with E-state index in [1.807, 2.05) is 0 Å². The Balaban J connectivity index is 1.95. The van der Waals surface area contributed by atoms with Gasteiger partial charge in [0, 0.05) is 0 Å². The highest BCUT2D eigenvalue weighted by atomic mass is 16.1. The summed E-state index contributed by atoms with van der Waals surface area (Å²) < 4.78 is 0. The van der Waals surface area contributed by atoms with Gasteiger partial charge in [0.15, 0.2) is 5.78 Å². The zero-order chi connectivity index (χ0) is 10.7. The van der Waals surface area contributed by atoms with Crippen LogP contribution in [0.2, 0.25) is 0 Å². The minimum Gasteiger partial charge on any atom is -0.321 e. The molecule has 2 rings (SSSR count). The third kappa shape index (κ3) is 2.49. The van der Waals surface area contributed by atoms with Crippen LogP contribution in [0.15, 0.2) is 11.6 Å². The summed E-state index contributed by atoms with van der Waals surface area (Å²) in [6.07, 6.45) is 11.4. The molecule has 1 fully saturated rings. The Bertz CT molecular complexity index is 266. The molecule has 2 aliphatic rings. The number of hydrogen-bond acceptors (Lipinski definition) is 2. The van der Waals surface area contributed by atoms with Crippen LogP contribution in [0.1, 0.15) is 51.4 Å². The fourth-order valence-corrected chi connectivity index (χ4v) is 2.47. The van der Waals surface area contributed by atoms with Crippen LogP contribution in [-0.4, -0.2) is 11.8 Å². The van der Waals surface area contributed by atoms with Crippen molar-refractivity contribution < 1.29 is 4.79 Å². The van der Waals surface area contributed by atoms with Crippen molar-refractivity contribution in [2.75, 3.05) is 0 Å². The van der Waals surface area contributed by atoms with Gasteiger partial charge >= 0.3 is 0 Å². The number of nitrogens with two attached hydrogens (primary N) is 1. The number of hydrogen-bond donors (Lipinski definition) is 1. The zero-order valence-corrected chi connectivity index (χ0v) is 9.37. The van der Waals surface area contributed by atoms with Crippen molar-refractivity contribution in [3.8, 4) is 0 Å². The van der Waals surface area contributed by atoms with Gasteiger partial charge < -0.3 is 5.73 Å². The van der Waals surface area contributed by atoms with E-state index in [1.54, 1.807) is 0 Å². The Morgan fingerprint density at radius 3 is 2.73 bits per heavy atom. The Morgan fingerprint density at radius 1 is 1.27 bits per heavy atom. The van der Waals surface area contributed by atoms with E-state index in [-0.39, 0.29) is 11.8 Å². The SMILES string of the molecule is NC(C(=O)C1=CCCCCC1)C1CCC1. The lowest BCUT2D eigenvalue weighted by atomic mass is 9.77. The second-order valence-corrected chi connectivity index (χ2v) is 4.91. The quantitative estimate of drug-likeness (QED) is 0.773. The van der Waals surface area contributed by atoms with E-state index in [2.05, 4.69) is 6.08 Å². The van der Waals surface area contributed by atoms with E-state index in [0.717, 1.165) is 37.7 Å². The fourth-order valence-electron chi connectivity index (χ4n) is 2.47. The predicted molar refractivity (Wildman–Crippen MR) is 61.5 cm³/mol. The molecule has 84 valence electrons. The van der Waals surface area contributed by atoms with E-state index < -0.39 is 0 Å². The first-order chi connectivity index (χ1) is 7.29. The van der Waals surface area contributed by atoms with Gasteiger partial charge in [-0.05, 0) is 50.0 Å². The van der Waals surface area contributed by atoms with E-state index in [9.17, 15) is 4.79 Å². The van der Waals surface area contributed by atoms with Crippen molar-refractivity contribution in [3.05, 3.63) is 11.6 Å². The Labute approximate surface area is 91.9 Å². The first kappa shape index (κ1) is 10.9. The fraction of sp³-hybridized carbons (Fsp3) is 0.769. The molecule has 0 heterocycles. The van der Waals surface area contributed by atoms with Crippen LogP contribution < -0.4 is 5.73 Å². The van der Waals surface area contributed by atoms with Crippen molar-refractivity contribution in [3.63, 3.8) is 0 Å². The van der Waals surface area contributed by atoms with E-state index in [4.69, 9.17) is 5.73 Å². The highest BCUT2D eigenvalue weighted by molar-refractivity contribution is 5.99. The average Bonchev–Trinajstić information content (AvgIpc) is 2.41. The van der Waals surface area contributed by atoms with Gasteiger partial charge in [-0.1, -0.05) is 18.9 Å². The molecular weight excluding hydrogens is 186 g/mol. The molecule has 0 bridgehead atoms. The van der Waals surface area contributed by atoms with Gasteiger partial charge in [0.1, 0.15) is 0 Å². The van der Waals surface area contributed by atoms with Crippen molar-refractivity contribution >= 4 is 5.78 Å². The highest BCUT2D eigenvalue weighted by Gasteiger charge is 2.30. The number of Topliss-reactive ketones (excluding diaryl/α,β-unsaturated/α-hetero) is 1. The van der Waals surface area contributed by atoms with Crippen molar-refractivity contribution in [2.45, 2.75) is 57.4 Å². The van der Waals surface area contributed by atoms with Crippen LogP contribution in [0.4, 0.5) is 0 Å². The molecular formula is C13H21NO. The summed E-state index contributed by atoms with van der Waals surface area (Å²) in [6, 6.07) is -0.205. The van der Waals surface area contributed by atoms with Crippen LogP contribution in [0, 0.1) is 5.92 Å². The molecule has 1 atom stereocenters. The van der Waals surface area contributed by atoms with Gasteiger partial charge in [-0.15, -0.1) is 0 Å². The molecule has 0 aromatic carbocycles. The summed E-state index contributed by atoms with van der Waals surface area (Å²) in [5, 5.41) is 0. The van der Waals surface area contributed by atoms with Gasteiger partial charge in [0.2, 0.25) is 0 Å². The molecule has 2 aliphatic carbocycles. The maximum absolute atomic E-state index is 12.1. The lowest BCUT2D eigenvalue weighted by Crippen LogP contribution is -2.42. The van der Waals surface area contributed by atoms with E-state index >= 15 is 0 Å². The Morgan fingerprint density at radius 2 is 2.07 bits per heavy atom. The molecule has 15 heavy (non-hydrogen) atoms. The van der Waals surface area contributed by atoms with Gasteiger partial charge in [-0.2, -0.15) is 0 Å². The second-order valence-electron chi connectivity index (χ2n) is 4.91. The Hall–Kier alpha value is -0.630. The summed E-state index contributed by atoms with van der Waals surface area (Å²) in [5.41, 5.74) is 7.03. The maximum Gasteiger partial charge on any atom is 0.175 e. The summed E-state index contributed by atoms with van der Waals surface area (Å²) in [5.74, 6) is 0.711. The highest BCUT2D eigenvalue weighted by Crippen LogP contribution is 2.31. The number of rotatable bonds is 3. The molecule has 0 aromatic heterocycles. The van der Waals surface area contributed by atoms with Crippen LogP contribution in [-0.2, 0) is 4.79 Å². The molecule has 2 nitrogen and oxygen atoms in total. The lowest BCUT2D eigenvalue weighted by Gasteiger charge is -2.30. The first-order valence-electron chi connectivity index (χ1n) is 6.28. The molecule has 0 spiro atoms. The van der Waals surface area contributed by atoms with Gasteiger partial charge in [-0.3, -0.25) is 4.79 Å². The van der Waals surface area contributed by atoms with Gasteiger partial charge in [-0.25, -0.2) is 0 Å². The van der Waals surface area contributed by atoms with Crippen LogP contribution >= 0.6 is 0 Å². The molecule has 2 heteroatoms. The smallest absolute Gasteiger partial charge is 0.175 e. The van der Waals surface area contributed by atoms with E-state index in [1.165, 1.54) is 19.3 Å². The molecule has 2 N–H and O–H groups in total. The van der Waals surface area contributed by atoms with E-state index in [0.29, 0.717) is 5.92 Å². The predicted octanol–water partition coefficient (Wildman–Crippen LogP) is 2.57. The minimum absolute atomic E-state index is 0.205. The van der Waals surface area contributed by atoms with Crippen LogP contribution in [0.25, 0.3) is 0 Å². The number of allylic oxidation sites excluding steroid dienone is 1. The van der Waals surface area contributed by atoms with Crippen molar-refractivity contribution in [1.82, 2.24) is 0 Å². The molecule has 0 amide bonds. The van der Waals surface area contributed by atoms with Crippen molar-refractivity contribution in [1.29, 1.82) is 0 Å². The summed E-state index contributed by atoms with van der Waals surface area (Å²) in [7, 11) is 0. The number of ketones is 1. The summed E-state index contributed by atoms with van der Waals surface area (Å²) in [6.45, 7) is 0. The summed E-state index contributed by atoms with van der Waals surface area (Å²) in [4.78, 5) is 12.1. The molecule has 0 aliphatic heterocycles. The third-order valence-corrected chi connectivity index (χ3v) is 3.82. The standard InChI is InChI=1S/C13H21NO/c14-12(10-8-5-9-10)13(15)11-6-3-1-2-4-7-11/h6,10,12H,1-5,7-9,14H2. The largest absolute Gasteiger partial charge is 0.321 e. The molecule has 1 unspecified atom stereocenters. The average molecular weight is 207 g/mol. The normalized spacial score (nSPS) is 25.0. The maximum atomic E-state index is 12.1.